The van der Waals surface area contributed by atoms with Gasteiger partial charge in [0, 0.05) is 13.7 Å². The largest absolute Gasteiger partial charge is 0.383 e. The van der Waals surface area contributed by atoms with Crippen LogP contribution in [-0.4, -0.2) is 26.8 Å². The number of ether oxygens (including phenoxy) is 1. The first kappa shape index (κ1) is 13.4. The second-order valence-electron chi connectivity index (χ2n) is 5.14. The smallest absolute Gasteiger partial charge is 0.127 e. The molecule has 4 heteroatoms. The van der Waals surface area contributed by atoms with Gasteiger partial charge in [0.1, 0.15) is 11.6 Å². The topological polar surface area (TPSA) is 21.3 Å². The Kier molecular flexibility index (Phi) is 3.97. The molecule has 2 nitrogen and oxygen atoms in total. The second-order valence-corrected chi connectivity index (χ2v) is 5.14. The zero-order valence-electron chi connectivity index (χ0n) is 10.8. The van der Waals surface area contributed by atoms with Crippen LogP contribution in [0.4, 0.5) is 8.78 Å². The van der Waals surface area contributed by atoms with Gasteiger partial charge in [-0.05, 0) is 48.1 Å². The average molecular weight is 255 g/mol. The Balaban J connectivity index is 1.95. The van der Waals surface area contributed by atoms with Crippen molar-refractivity contribution in [3.8, 4) is 0 Å². The van der Waals surface area contributed by atoms with Crippen molar-refractivity contribution in [2.45, 2.75) is 18.8 Å². The van der Waals surface area contributed by atoms with Crippen LogP contribution in [0.25, 0.3) is 0 Å². The van der Waals surface area contributed by atoms with Gasteiger partial charge < -0.3 is 10.1 Å². The predicted molar refractivity (Wildman–Crippen MR) is 66.6 cm³/mol. The first-order valence-electron chi connectivity index (χ1n) is 6.23. The maximum Gasteiger partial charge on any atom is 0.127 e. The lowest BCUT2D eigenvalue weighted by Crippen LogP contribution is -2.24. The third-order valence-corrected chi connectivity index (χ3v) is 3.83. The van der Waals surface area contributed by atoms with Gasteiger partial charge in [0.2, 0.25) is 0 Å². The molecule has 0 bridgehead atoms. The van der Waals surface area contributed by atoms with Crippen LogP contribution in [0.15, 0.2) is 18.2 Å². The van der Waals surface area contributed by atoms with Crippen molar-refractivity contribution in [2.24, 2.45) is 5.92 Å². The number of hydrogen-bond donors (Lipinski definition) is 1. The molecule has 1 aromatic rings. The number of methoxy groups -OCH3 is 1. The standard InChI is InChI=1S/C14H19F2NO/c1-14(8-10(14)9-17-5-6-18-2)12-7-11(15)3-4-13(12)16/h3-4,7,10,17H,5-6,8-9H2,1-2H3. The maximum absolute atomic E-state index is 13.7. The summed E-state index contributed by atoms with van der Waals surface area (Å²) in [6, 6.07) is 3.70. The van der Waals surface area contributed by atoms with E-state index in [9.17, 15) is 8.78 Å². The van der Waals surface area contributed by atoms with Gasteiger partial charge >= 0.3 is 0 Å². The van der Waals surface area contributed by atoms with Gasteiger partial charge in [-0.3, -0.25) is 0 Å². The van der Waals surface area contributed by atoms with Crippen molar-refractivity contribution in [1.82, 2.24) is 5.32 Å². The van der Waals surface area contributed by atoms with Crippen LogP contribution >= 0.6 is 0 Å². The number of hydrogen-bond acceptors (Lipinski definition) is 2. The lowest BCUT2D eigenvalue weighted by Gasteiger charge is -2.13. The Morgan fingerprint density at radius 2 is 2.22 bits per heavy atom. The first-order chi connectivity index (χ1) is 8.58. The van der Waals surface area contributed by atoms with Crippen molar-refractivity contribution in [1.29, 1.82) is 0 Å². The van der Waals surface area contributed by atoms with E-state index >= 15 is 0 Å². The van der Waals surface area contributed by atoms with Crippen LogP contribution in [0.3, 0.4) is 0 Å². The molecule has 1 aliphatic carbocycles. The highest BCUT2D eigenvalue weighted by Crippen LogP contribution is 2.54. The summed E-state index contributed by atoms with van der Waals surface area (Å²) in [5.41, 5.74) is 0.271. The van der Waals surface area contributed by atoms with E-state index in [0.29, 0.717) is 18.1 Å². The Labute approximate surface area is 106 Å². The fourth-order valence-corrected chi connectivity index (χ4v) is 2.47. The van der Waals surface area contributed by atoms with E-state index in [4.69, 9.17) is 4.74 Å². The summed E-state index contributed by atoms with van der Waals surface area (Å²) in [4.78, 5) is 0. The summed E-state index contributed by atoms with van der Waals surface area (Å²) in [5.74, 6) is -0.311. The van der Waals surface area contributed by atoms with Gasteiger partial charge in [0.15, 0.2) is 0 Å². The van der Waals surface area contributed by atoms with E-state index in [-0.39, 0.29) is 17.0 Å². The van der Waals surface area contributed by atoms with Crippen molar-refractivity contribution >= 4 is 0 Å². The van der Waals surface area contributed by atoms with Gasteiger partial charge in [-0.2, -0.15) is 0 Å². The summed E-state index contributed by atoms with van der Waals surface area (Å²) >= 11 is 0. The molecule has 1 saturated carbocycles. The van der Waals surface area contributed by atoms with Crippen LogP contribution in [0.1, 0.15) is 18.9 Å². The van der Waals surface area contributed by atoms with E-state index in [0.717, 1.165) is 25.6 Å². The van der Waals surface area contributed by atoms with Crippen molar-refractivity contribution < 1.29 is 13.5 Å². The summed E-state index contributed by atoms with van der Waals surface area (Å²) in [6.07, 6.45) is 0.896. The SMILES string of the molecule is COCCNCC1CC1(C)c1cc(F)ccc1F. The Morgan fingerprint density at radius 1 is 1.44 bits per heavy atom. The molecule has 0 saturated heterocycles. The fourth-order valence-electron chi connectivity index (χ4n) is 2.47. The fraction of sp³-hybridized carbons (Fsp3) is 0.571. The molecule has 0 spiro atoms. The number of nitrogens with one attached hydrogen (secondary N) is 1. The predicted octanol–water partition coefficient (Wildman–Crippen LogP) is 2.48. The van der Waals surface area contributed by atoms with Crippen LogP contribution in [0.2, 0.25) is 0 Å². The number of halogens is 2. The molecule has 2 unspecified atom stereocenters. The highest BCUT2D eigenvalue weighted by atomic mass is 19.1. The monoisotopic (exact) mass is 255 g/mol. The van der Waals surface area contributed by atoms with Crippen LogP contribution < -0.4 is 5.32 Å². The van der Waals surface area contributed by atoms with E-state index < -0.39 is 0 Å². The lowest BCUT2D eigenvalue weighted by molar-refractivity contribution is 0.199. The first-order valence-corrected chi connectivity index (χ1v) is 6.23. The third kappa shape index (κ3) is 2.70. The second kappa shape index (κ2) is 5.33. The zero-order chi connectivity index (χ0) is 13.2. The van der Waals surface area contributed by atoms with Crippen LogP contribution in [0, 0.1) is 17.6 Å². The molecule has 0 amide bonds. The molecule has 1 aromatic carbocycles. The number of rotatable bonds is 6. The molecule has 1 fully saturated rings. The highest BCUT2D eigenvalue weighted by molar-refractivity contribution is 5.34. The Morgan fingerprint density at radius 3 is 2.94 bits per heavy atom. The third-order valence-electron chi connectivity index (χ3n) is 3.83. The Hall–Kier alpha value is -1.00. The molecule has 1 aliphatic rings. The normalized spacial score (nSPS) is 26.3. The number of benzene rings is 1. The summed E-state index contributed by atoms with van der Waals surface area (Å²) in [6.45, 7) is 4.26. The quantitative estimate of drug-likeness (QED) is 0.788. The van der Waals surface area contributed by atoms with Gasteiger partial charge in [-0.1, -0.05) is 6.92 Å². The van der Waals surface area contributed by atoms with E-state index in [1.54, 1.807) is 7.11 Å². The molecule has 0 aromatic heterocycles. The molecule has 18 heavy (non-hydrogen) atoms. The van der Waals surface area contributed by atoms with Gasteiger partial charge in [-0.25, -0.2) is 8.78 Å². The molecule has 1 N–H and O–H groups in total. The van der Waals surface area contributed by atoms with E-state index in [1.165, 1.54) is 12.1 Å². The maximum atomic E-state index is 13.7. The molecule has 0 radical (unpaired) electrons. The summed E-state index contributed by atoms with van der Waals surface area (Å²) in [7, 11) is 1.66. The van der Waals surface area contributed by atoms with Gasteiger partial charge in [0.05, 0.1) is 6.61 Å². The minimum absolute atomic E-state index is 0.230. The average Bonchev–Trinajstić information content (AvgIpc) is 3.00. The lowest BCUT2D eigenvalue weighted by atomic mass is 9.94. The Bertz CT molecular complexity index is 424. The molecule has 2 atom stereocenters. The van der Waals surface area contributed by atoms with Gasteiger partial charge in [0.25, 0.3) is 0 Å². The highest BCUT2D eigenvalue weighted by Gasteiger charge is 2.52. The minimum atomic E-state index is -0.370. The van der Waals surface area contributed by atoms with Crippen LogP contribution in [-0.2, 0) is 10.2 Å². The molecule has 0 heterocycles. The molecular formula is C14H19F2NO. The van der Waals surface area contributed by atoms with E-state index in [2.05, 4.69) is 5.32 Å². The molecule has 100 valence electrons. The summed E-state index contributed by atoms with van der Waals surface area (Å²) < 4.78 is 31.8. The minimum Gasteiger partial charge on any atom is -0.383 e. The van der Waals surface area contributed by atoms with Crippen LogP contribution in [0.5, 0.6) is 0 Å². The van der Waals surface area contributed by atoms with E-state index in [1.807, 2.05) is 6.92 Å². The molecule has 2 rings (SSSR count). The van der Waals surface area contributed by atoms with Crippen molar-refractivity contribution in [3.05, 3.63) is 35.4 Å². The summed E-state index contributed by atoms with van der Waals surface area (Å²) in [5, 5.41) is 3.27. The zero-order valence-corrected chi connectivity index (χ0v) is 10.8. The molecular weight excluding hydrogens is 236 g/mol. The van der Waals surface area contributed by atoms with Gasteiger partial charge in [-0.15, -0.1) is 0 Å². The van der Waals surface area contributed by atoms with Crippen molar-refractivity contribution in [2.75, 3.05) is 26.8 Å². The molecule has 0 aliphatic heterocycles. The van der Waals surface area contributed by atoms with Crippen molar-refractivity contribution in [3.63, 3.8) is 0 Å².